The van der Waals surface area contributed by atoms with Gasteiger partial charge in [-0.15, -0.1) is 0 Å². The Bertz CT molecular complexity index is 598. The van der Waals surface area contributed by atoms with Crippen LogP contribution in [0.2, 0.25) is 0 Å². The molecule has 2 fully saturated rings. The van der Waals surface area contributed by atoms with Gasteiger partial charge in [-0.3, -0.25) is 4.79 Å². The third kappa shape index (κ3) is 3.11. The molecule has 24 heavy (non-hydrogen) atoms. The first kappa shape index (κ1) is 17.1. The van der Waals surface area contributed by atoms with Gasteiger partial charge >= 0.3 is 0 Å². The van der Waals surface area contributed by atoms with Crippen LogP contribution in [-0.2, 0) is 0 Å². The van der Waals surface area contributed by atoms with E-state index in [-0.39, 0.29) is 29.4 Å². The Morgan fingerprint density at radius 2 is 1.92 bits per heavy atom. The van der Waals surface area contributed by atoms with Crippen LogP contribution in [0.5, 0.6) is 0 Å². The molecule has 0 unspecified atom stereocenters. The first-order chi connectivity index (χ1) is 11.2. The zero-order valence-corrected chi connectivity index (χ0v) is 15.0. The number of carbonyl (C=O) groups is 1. The molecule has 2 aliphatic rings. The topological polar surface area (TPSA) is 78.4 Å². The molecular weight excluding hydrogens is 304 g/mol. The van der Waals surface area contributed by atoms with Gasteiger partial charge < -0.3 is 15.3 Å². The normalized spacial score (nSPS) is 25.4. The Balaban J connectivity index is 1.64. The predicted molar refractivity (Wildman–Crippen MR) is 92.9 cm³/mol. The molecule has 6 nitrogen and oxygen atoms in total. The largest absolute Gasteiger partial charge is 0.396 e. The number of hydrogen-bond donors (Lipinski definition) is 2. The summed E-state index contributed by atoms with van der Waals surface area (Å²) in [4.78, 5) is 23.3. The minimum absolute atomic E-state index is 0.109. The number of nitrogens with zero attached hydrogens (tertiary/aromatic N) is 3. The number of aliphatic hydroxyl groups is 1. The van der Waals surface area contributed by atoms with Gasteiger partial charge in [0.05, 0.1) is 5.56 Å². The van der Waals surface area contributed by atoms with Crippen LogP contribution in [0.1, 0.15) is 50.9 Å². The lowest BCUT2D eigenvalue weighted by Gasteiger charge is -2.57. The highest BCUT2D eigenvalue weighted by Gasteiger charge is 2.53. The van der Waals surface area contributed by atoms with Crippen molar-refractivity contribution in [2.45, 2.75) is 46.6 Å². The Labute approximate surface area is 143 Å². The fourth-order valence-electron chi connectivity index (χ4n) is 4.68. The molecule has 1 saturated carbocycles. The minimum Gasteiger partial charge on any atom is -0.396 e. The molecule has 2 N–H and O–H groups in total. The standard InChI is InChI=1S/C18H28N4O2/c1-17(2)11-18(3,4)15(17)21-14(24)13-7-19-16(20-8-13)22-6-5-12(9-22)10-23/h7-8,12,15,23H,5-6,9-11H2,1-4H3,(H,21,24)/t12-/m0/s1. The molecule has 1 aliphatic heterocycles. The van der Waals surface area contributed by atoms with E-state index in [9.17, 15) is 9.90 Å². The third-order valence-corrected chi connectivity index (χ3v) is 5.48. The molecule has 0 aromatic carbocycles. The first-order valence-corrected chi connectivity index (χ1v) is 8.72. The highest BCUT2D eigenvalue weighted by Crippen LogP contribution is 2.53. The van der Waals surface area contributed by atoms with E-state index in [1.165, 1.54) is 0 Å². The Kier molecular flexibility index (Phi) is 4.28. The van der Waals surface area contributed by atoms with Crippen molar-refractivity contribution in [2.75, 3.05) is 24.6 Å². The summed E-state index contributed by atoms with van der Waals surface area (Å²) in [5, 5.41) is 12.4. The van der Waals surface area contributed by atoms with Gasteiger partial charge in [-0.2, -0.15) is 0 Å². The maximum absolute atomic E-state index is 12.5. The van der Waals surface area contributed by atoms with Crippen molar-refractivity contribution in [1.82, 2.24) is 15.3 Å². The maximum Gasteiger partial charge on any atom is 0.254 e. The molecule has 1 aromatic rings. The Morgan fingerprint density at radius 3 is 2.42 bits per heavy atom. The Hall–Kier alpha value is -1.69. The second-order valence-electron chi connectivity index (χ2n) is 8.62. The molecule has 1 atom stereocenters. The molecule has 132 valence electrons. The van der Waals surface area contributed by atoms with Gasteiger partial charge in [0.1, 0.15) is 0 Å². The van der Waals surface area contributed by atoms with Gasteiger partial charge in [-0.1, -0.05) is 27.7 Å². The number of aliphatic hydroxyl groups excluding tert-OH is 1. The van der Waals surface area contributed by atoms with Crippen molar-refractivity contribution in [1.29, 1.82) is 0 Å². The highest BCUT2D eigenvalue weighted by molar-refractivity contribution is 5.94. The lowest BCUT2D eigenvalue weighted by molar-refractivity contribution is -0.0366. The second kappa shape index (κ2) is 5.99. The molecule has 3 rings (SSSR count). The van der Waals surface area contributed by atoms with E-state index in [4.69, 9.17) is 0 Å². The minimum atomic E-state index is -0.109. The molecular formula is C18H28N4O2. The number of hydrogen-bond acceptors (Lipinski definition) is 5. The highest BCUT2D eigenvalue weighted by atomic mass is 16.3. The number of aromatic nitrogens is 2. The summed E-state index contributed by atoms with van der Waals surface area (Å²) in [5.41, 5.74) is 0.735. The smallest absolute Gasteiger partial charge is 0.254 e. The maximum atomic E-state index is 12.5. The first-order valence-electron chi connectivity index (χ1n) is 8.72. The molecule has 0 radical (unpaired) electrons. The fraction of sp³-hybridized carbons (Fsp3) is 0.722. The van der Waals surface area contributed by atoms with Crippen LogP contribution in [0.25, 0.3) is 0 Å². The van der Waals surface area contributed by atoms with E-state index in [2.05, 4.69) is 47.9 Å². The molecule has 0 spiro atoms. The molecule has 0 bridgehead atoms. The summed E-state index contributed by atoms with van der Waals surface area (Å²) in [6, 6.07) is 0.154. The molecule has 2 heterocycles. The average molecular weight is 332 g/mol. The molecule has 1 aliphatic carbocycles. The lowest BCUT2D eigenvalue weighted by atomic mass is 9.52. The quantitative estimate of drug-likeness (QED) is 0.880. The van der Waals surface area contributed by atoms with Crippen LogP contribution in [0.3, 0.4) is 0 Å². The SMILES string of the molecule is CC1(C)CC(C)(C)C1NC(=O)c1cnc(N2CC[C@H](CO)C2)nc1. The summed E-state index contributed by atoms with van der Waals surface area (Å²) >= 11 is 0. The van der Waals surface area contributed by atoms with Crippen LogP contribution in [0, 0.1) is 16.7 Å². The van der Waals surface area contributed by atoms with Gasteiger partial charge in [-0.05, 0) is 23.7 Å². The zero-order chi connectivity index (χ0) is 17.5. The van der Waals surface area contributed by atoms with Crippen molar-refractivity contribution >= 4 is 11.9 Å². The van der Waals surface area contributed by atoms with Crippen molar-refractivity contribution in [2.24, 2.45) is 16.7 Å². The fourth-order valence-corrected chi connectivity index (χ4v) is 4.68. The van der Waals surface area contributed by atoms with Crippen LogP contribution < -0.4 is 10.2 Å². The van der Waals surface area contributed by atoms with Crippen LogP contribution in [0.4, 0.5) is 5.95 Å². The molecule has 6 heteroatoms. The van der Waals surface area contributed by atoms with Gasteiger partial charge in [0.15, 0.2) is 0 Å². The van der Waals surface area contributed by atoms with Crippen LogP contribution in [0.15, 0.2) is 12.4 Å². The van der Waals surface area contributed by atoms with Gasteiger partial charge in [0.25, 0.3) is 5.91 Å². The average Bonchev–Trinajstić information content (AvgIpc) is 3.00. The summed E-state index contributed by atoms with van der Waals surface area (Å²) in [7, 11) is 0. The number of carbonyl (C=O) groups excluding carboxylic acids is 1. The molecule has 1 aromatic heterocycles. The monoisotopic (exact) mass is 332 g/mol. The summed E-state index contributed by atoms with van der Waals surface area (Å²) in [5.74, 6) is 0.813. The van der Waals surface area contributed by atoms with Gasteiger partial charge in [0, 0.05) is 44.0 Å². The summed E-state index contributed by atoms with van der Waals surface area (Å²) in [6.45, 7) is 10.6. The third-order valence-electron chi connectivity index (χ3n) is 5.48. The Morgan fingerprint density at radius 1 is 1.29 bits per heavy atom. The number of anilines is 1. The van der Waals surface area contributed by atoms with Crippen molar-refractivity contribution in [3.8, 4) is 0 Å². The molecule has 1 saturated heterocycles. The summed E-state index contributed by atoms with van der Waals surface area (Å²) < 4.78 is 0. The lowest BCUT2D eigenvalue weighted by Crippen LogP contribution is -2.63. The number of rotatable bonds is 4. The summed E-state index contributed by atoms with van der Waals surface area (Å²) in [6.07, 6.45) is 5.25. The zero-order valence-electron chi connectivity index (χ0n) is 15.0. The van der Waals surface area contributed by atoms with Crippen molar-refractivity contribution in [3.05, 3.63) is 18.0 Å². The van der Waals surface area contributed by atoms with Crippen molar-refractivity contribution in [3.63, 3.8) is 0 Å². The van der Waals surface area contributed by atoms with E-state index in [0.717, 1.165) is 25.9 Å². The van der Waals surface area contributed by atoms with E-state index in [1.807, 2.05) is 0 Å². The number of amides is 1. The van der Waals surface area contributed by atoms with E-state index in [0.29, 0.717) is 17.4 Å². The second-order valence-corrected chi connectivity index (χ2v) is 8.62. The van der Waals surface area contributed by atoms with E-state index in [1.54, 1.807) is 12.4 Å². The van der Waals surface area contributed by atoms with Gasteiger partial charge in [0.2, 0.25) is 5.95 Å². The van der Waals surface area contributed by atoms with Crippen LogP contribution >= 0.6 is 0 Å². The molecule has 1 amide bonds. The van der Waals surface area contributed by atoms with Crippen LogP contribution in [-0.4, -0.2) is 46.7 Å². The number of nitrogens with one attached hydrogen (secondary N) is 1. The predicted octanol–water partition coefficient (Wildman–Crippen LogP) is 1.85. The van der Waals surface area contributed by atoms with Gasteiger partial charge in [-0.25, -0.2) is 9.97 Å². The van der Waals surface area contributed by atoms with Crippen molar-refractivity contribution < 1.29 is 9.90 Å². The van der Waals surface area contributed by atoms with E-state index >= 15 is 0 Å². The van der Waals surface area contributed by atoms with E-state index < -0.39 is 0 Å².